The van der Waals surface area contributed by atoms with Crippen molar-refractivity contribution in [2.24, 2.45) is 17.6 Å². The van der Waals surface area contributed by atoms with Crippen molar-refractivity contribution in [1.82, 2.24) is 21.3 Å². The SMILES string of the molecule is C.C.C.C.C.C.C.C.CC(=O)[C@H](C)N.C[C@@H](CSCC(=O)NCCCC[C@H](NC(=O)COCCOCCNC(=O)COCCOCCCC(=O)CC[C@@H](NC(=O)CCCCCCCCCCCCCCCCCCC(=O)O)C(=O)O)C(=O)O)C(=O)C[C@@H](CO)C(=O)O. The van der Waals surface area contributed by atoms with E-state index in [9.17, 15) is 63.0 Å². The molecule has 11 N–H and O–H groups in total. The van der Waals surface area contributed by atoms with E-state index in [0.29, 0.717) is 31.4 Å². The fourth-order valence-electron chi connectivity index (χ4n) is 7.79. The van der Waals surface area contributed by atoms with E-state index < -0.39 is 66.9 Å². The van der Waals surface area contributed by atoms with Gasteiger partial charge in [-0.2, -0.15) is 11.8 Å². The molecule has 92 heavy (non-hydrogen) atoms. The van der Waals surface area contributed by atoms with Gasteiger partial charge >= 0.3 is 23.9 Å². The minimum atomic E-state index is -1.25. The molecular formula is C66H135N5O20S. The minimum absolute atomic E-state index is 0. The van der Waals surface area contributed by atoms with E-state index >= 15 is 0 Å². The normalized spacial score (nSPS) is 11.7. The molecule has 0 saturated heterocycles. The van der Waals surface area contributed by atoms with Crippen LogP contribution in [0.5, 0.6) is 0 Å². The van der Waals surface area contributed by atoms with Gasteiger partial charge in [-0.1, -0.05) is 156 Å². The maximum atomic E-state index is 12.4. The highest BCUT2D eigenvalue weighted by atomic mass is 32.2. The number of ketones is 3. The summed E-state index contributed by atoms with van der Waals surface area (Å²) in [5, 5.41) is 56.1. The minimum Gasteiger partial charge on any atom is -0.481 e. The van der Waals surface area contributed by atoms with Gasteiger partial charge in [-0.3, -0.25) is 43.2 Å². The summed E-state index contributed by atoms with van der Waals surface area (Å²) < 4.78 is 21.4. The number of aliphatic hydroxyl groups is 1. The summed E-state index contributed by atoms with van der Waals surface area (Å²) in [5.41, 5.74) is 5.09. The van der Waals surface area contributed by atoms with Gasteiger partial charge in [-0.15, -0.1) is 0 Å². The van der Waals surface area contributed by atoms with Crippen molar-refractivity contribution < 1.29 is 97.2 Å². The van der Waals surface area contributed by atoms with Gasteiger partial charge in [0.1, 0.15) is 42.6 Å². The van der Waals surface area contributed by atoms with E-state index in [0.717, 1.165) is 38.5 Å². The van der Waals surface area contributed by atoms with Crippen LogP contribution in [0, 0.1) is 11.8 Å². The second-order valence-electron chi connectivity index (χ2n) is 20.9. The molecule has 0 aromatic heterocycles. The molecule has 0 fully saturated rings. The average Bonchev–Trinajstić information content (AvgIpc) is 1.88. The van der Waals surface area contributed by atoms with E-state index in [1.807, 2.05) is 0 Å². The van der Waals surface area contributed by atoms with E-state index in [1.165, 1.54) is 76.5 Å². The first kappa shape index (κ1) is 108. The molecule has 5 atom stereocenters. The van der Waals surface area contributed by atoms with Crippen LogP contribution in [-0.2, 0) is 71.7 Å². The number of rotatable bonds is 58. The van der Waals surface area contributed by atoms with Crippen molar-refractivity contribution in [3.8, 4) is 0 Å². The number of nitrogens with one attached hydrogen (secondary N) is 4. The number of Topliss-reactive ketones (excluding diaryl/α,β-unsaturated/α-hetero) is 3. The molecule has 0 aliphatic heterocycles. The lowest BCUT2D eigenvalue weighted by atomic mass is 9.97. The van der Waals surface area contributed by atoms with Gasteiger partial charge in [0.2, 0.25) is 23.6 Å². The third-order valence-electron chi connectivity index (χ3n) is 13.1. The average molecular weight is 1350 g/mol. The summed E-state index contributed by atoms with van der Waals surface area (Å²) in [6, 6.07) is -2.57. The Bertz CT molecular complexity index is 1870. The lowest BCUT2D eigenvalue weighted by Gasteiger charge is -2.15. The van der Waals surface area contributed by atoms with Crippen molar-refractivity contribution in [3.05, 3.63) is 0 Å². The first-order valence-corrected chi connectivity index (χ1v) is 31.1. The molecule has 0 rings (SSSR count). The summed E-state index contributed by atoms with van der Waals surface area (Å²) in [6.07, 6.45) is 19.5. The maximum Gasteiger partial charge on any atom is 0.326 e. The Morgan fingerprint density at radius 1 is 0.446 bits per heavy atom. The van der Waals surface area contributed by atoms with Crippen molar-refractivity contribution >= 4 is 76.6 Å². The number of carbonyl (C=O) groups is 11. The molecule has 0 aromatic carbocycles. The third-order valence-corrected chi connectivity index (χ3v) is 14.3. The number of unbranched alkanes of at least 4 members (excludes halogenated alkanes) is 16. The molecule has 26 heteroatoms. The second kappa shape index (κ2) is 74.9. The number of carboxylic acid groups (broad SMARTS) is 4. The Morgan fingerprint density at radius 2 is 0.870 bits per heavy atom. The Kier molecular flexibility index (Phi) is 88.3. The molecule has 0 bridgehead atoms. The number of ether oxygens (including phenoxy) is 4. The van der Waals surface area contributed by atoms with Crippen LogP contribution < -0.4 is 27.0 Å². The number of hydrogen-bond acceptors (Lipinski definition) is 18. The van der Waals surface area contributed by atoms with E-state index in [4.69, 9.17) is 40.0 Å². The Hall–Kier alpha value is -5.12. The Labute approximate surface area is 559 Å². The van der Waals surface area contributed by atoms with Crippen LogP contribution in [0.3, 0.4) is 0 Å². The third kappa shape index (κ3) is 72.3. The molecule has 0 radical (unpaired) electrons. The van der Waals surface area contributed by atoms with E-state index in [2.05, 4.69) is 21.3 Å². The topological polar surface area (TPSA) is 400 Å². The maximum absolute atomic E-state index is 12.4. The van der Waals surface area contributed by atoms with Crippen molar-refractivity contribution in [1.29, 1.82) is 0 Å². The molecule has 0 unspecified atom stereocenters. The van der Waals surface area contributed by atoms with Gasteiger partial charge in [0.05, 0.1) is 57.4 Å². The van der Waals surface area contributed by atoms with Gasteiger partial charge in [-0.05, 0) is 58.8 Å². The quantitative estimate of drug-likeness (QED) is 0.0253. The molecule has 25 nitrogen and oxygen atoms in total. The first-order valence-electron chi connectivity index (χ1n) is 29.9. The number of carbonyl (C=O) groups excluding carboxylic acids is 7. The largest absolute Gasteiger partial charge is 0.481 e. The zero-order chi connectivity index (χ0) is 63.2. The fourth-order valence-corrected chi connectivity index (χ4v) is 8.73. The van der Waals surface area contributed by atoms with Crippen LogP contribution in [0.2, 0.25) is 0 Å². The smallest absolute Gasteiger partial charge is 0.326 e. The highest BCUT2D eigenvalue weighted by Crippen LogP contribution is 2.17. The summed E-state index contributed by atoms with van der Waals surface area (Å²) in [5.74, 6) is -7.64. The van der Waals surface area contributed by atoms with Crippen molar-refractivity contribution in [2.75, 3.05) is 84.1 Å². The summed E-state index contributed by atoms with van der Waals surface area (Å²) in [4.78, 5) is 128. The second-order valence-corrected chi connectivity index (χ2v) is 21.9. The molecule has 550 valence electrons. The number of hydrogen-bond donors (Lipinski definition) is 10. The fraction of sp³-hybridized carbons (Fsp3) is 0.833. The van der Waals surface area contributed by atoms with Gasteiger partial charge in [-0.25, -0.2) is 9.59 Å². The number of carboxylic acids is 4. The van der Waals surface area contributed by atoms with Crippen LogP contribution in [0.4, 0.5) is 0 Å². The van der Waals surface area contributed by atoms with Gasteiger partial charge < -0.3 is 71.5 Å². The van der Waals surface area contributed by atoms with Gasteiger partial charge in [0, 0.05) is 63.5 Å². The molecule has 0 heterocycles. The van der Waals surface area contributed by atoms with Gasteiger partial charge in [0.25, 0.3) is 0 Å². The molecule has 0 aromatic rings. The summed E-state index contributed by atoms with van der Waals surface area (Å²) in [7, 11) is 0. The monoisotopic (exact) mass is 1350 g/mol. The predicted octanol–water partition coefficient (Wildman–Crippen LogP) is 9.86. The van der Waals surface area contributed by atoms with Crippen LogP contribution >= 0.6 is 11.8 Å². The Balaban J connectivity index is -0.000000570. The van der Waals surface area contributed by atoms with Crippen LogP contribution in [0.15, 0.2) is 0 Å². The van der Waals surface area contributed by atoms with Crippen molar-refractivity contribution in [3.63, 3.8) is 0 Å². The lowest BCUT2D eigenvalue weighted by molar-refractivity contribution is -0.145. The highest BCUT2D eigenvalue weighted by Gasteiger charge is 2.25. The van der Waals surface area contributed by atoms with E-state index in [-0.39, 0.29) is 211 Å². The van der Waals surface area contributed by atoms with Gasteiger partial charge in [0.15, 0.2) is 0 Å². The molecular weight excluding hydrogens is 1210 g/mol. The number of aliphatic hydroxyl groups excluding tert-OH is 1. The van der Waals surface area contributed by atoms with Crippen molar-refractivity contribution in [2.45, 2.75) is 265 Å². The van der Waals surface area contributed by atoms with Crippen LogP contribution in [-0.4, -0.2) is 193 Å². The molecule has 4 amide bonds. The van der Waals surface area contributed by atoms with E-state index in [1.54, 1.807) is 13.8 Å². The number of thioether (sulfide) groups is 1. The molecule has 0 aliphatic carbocycles. The summed E-state index contributed by atoms with van der Waals surface area (Å²) >= 11 is 1.21. The first-order chi connectivity index (χ1) is 40.1. The zero-order valence-corrected chi connectivity index (χ0v) is 51.1. The number of aliphatic carboxylic acids is 4. The number of nitrogens with two attached hydrogens (primary N) is 1. The molecule has 0 saturated carbocycles. The summed E-state index contributed by atoms with van der Waals surface area (Å²) in [6.45, 7) is 4.91. The standard InChI is InChI=1S/C54H94N4O19S.C4H9NO.8CH4/c1-41(46(61)35-42(36-59)52(68)69)39-78-40-50(65)55-27-19-18-22-44(53(70)71)58-49(64)38-77-34-32-75-30-28-56-48(63)37-76-33-31-74-29-20-21-43(60)25-26-45(54(72)73)57-47(62)23-16-14-12-10-8-6-4-2-3-5-7-9-11-13-15-17-24-51(66)67;1-3(5)4(2)6;;;;;;;;/h41-42,44-45,59H,2-40H2,1H3,(H,55,65)(H,56,63)(H,57,62)(H,58,64)(H,66,67)(H,68,69)(H,70,71)(H,72,73);3H,5H2,1-2H3;8*1H4/t41-,42-,44-,45+;3-;;;;;;;;/m00......../s1. The zero-order valence-electron chi connectivity index (χ0n) is 50.3. The lowest BCUT2D eigenvalue weighted by Crippen LogP contribution is -2.42. The molecule has 0 aliphatic rings. The Morgan fingerprint density at radius 3 is 1.33 bits per heavy atom. The number of amides is 4. The highest BCUT2D eigenvalue weighted by molar-refractivity contribution is 7.99. The van der Waals surface area contributed by atoms with Crippen LogP contribution in [0.1, 0.15) is 247 Å². The van der Waals surface area contributed by atoms with Crippen LogP contribution in [0.25, 0.3) is 0 Å². The predicted molar refractivity (Wildman–Crippen MR) is 369 cm³/mol. The molecule has 0 spiro atoms.